The maximum absolute atomic E-state index is 5.92. The lowest BCUT2D eigenvalue weighted by molar-refractivity contribution is 0.140. The minimum absolute atomic E-state index is 0.840. The van der Waals surface area contributed by atoms with Gasteiger partial charge in [-0.15, -0.1) is 0 Å². The Morgan fingerprint density at radius 2 is 2.07 bits per heavy atom. The van der Waals surface area contributed by atoms with Crippen LogP contribution in [0.4, 0.5) is 5.69 Å². The zero-order valence-electron chi connectivity index (χ0n) is 8.98. The standard InChI is InChI=1S/C12H18N2O/c13-12-5-2-1-4-11(12)10-14-6-3-8-15-9-7-14/h1-2,4-5H,3,6-10,13H2. The van der Waals surface area contributed by atoms with E-state index in [2.05, 4.69) is 11.0 Å². The number of nitrogens with two attached hydrogens (primary N) is 1. The van der Waals surface area contributed by atoms with Crippen molar-refractivity contribution in [1.82, 2.24) is 4.90 Å². The molecule has 0 spiro atoms. The van der Waals surface area contributed by atoms with Crippen LogP contribution in [-0.2, 0) is 11.3 Å². The molecule has 0 bridgehead atoms. The lowest BCUT2D eigenvalue weighted by Gasteiger charge is -2.19. The number of ether oxygens (including phenoxy) is 1. The molecule has 2 rings (SSSR count). The predicted octanol–water partition coefficient (Wildman–Crippen LogP) is 1.49. The molecule has 0 unspecified atom stereocenters. The Morgan fingerprint density at radius 3 is 2.93 bits per heavy atom. The van der Waals surface area contributed by atoms with Crippen LogP contribution in [0.3, 0.4) is 0 Å². The first kappa shape index (κ1) is 10.5. The zero-order chi connectivity index (χ0) is 10.5. The average Bonchev–Trinajstić information content (AvgIpc) is 2.50. The Hall–Kier alpha value is -1.06. The van der Waals surface area contributed by atoms with Crippen LogP contribution in [0, 0.1) is 0 Å². The number of para-hydroxylation sites is 1. The molecule has 0 aromatic heterocycles. The van der Waals surface area contributed by atoms with E-state index in [-0.39, 0.29) is 0 Å². The number of hydrogen-bond donors (Lipinski definition) is 1. The molecular formula is C12H18N2O. The molecule has 1 saturated heterocycles. The molecule has 3 heteroatoms. The highest BCUT2D eigenvalue weighted by Crippen LogP contribution is 2.14. The quantitative estimate of drug-likeness (QED) is 0.745. The largest absolute Gasteiger partial charge is 0.398 e. The summed E-state index contributed by atoms with van der Waals surface area (Å²) >= 11 is 0. The Morgan fingerprint density at radius 1 is 1.20 bits per heavy atom. The fourth-order valence-corrected chi connectivity index (χ4v) is 1.87. The van der Waals surface area contributed by atoms with Crippen molar-refractivity contribution in [3.8, 4) is 0 Å². The molecule has 0 radical (unpaired) electrons. The number of nitrogens with zero attached hydrogens (tertiary/aromatic N) is 1. The van der Waals surface area contributed by atoms with Crippen LogP contribution in [0.2, 0.25) is 0 Å². The lowest BCUT2D eigenvalue weighted by atomic mass is 10.1. The molecule has 82 valence electrons. The number of nitrogen functional groups attached to an aromatic ring is 1. The van der Waals surface area contributed by atoms with Crippen molar-refractivity contribution >= 4 is 5.69 Å². The van der Waals surface area contributed by atoms with Crippen LogP contribution < -0.4 is 5.73 Å². The number of rotatable bonds is 2. The second-order valence-corrected chi connectivity index (χ2v) is 3.94. The molecule has 2 N–H and O–H groups in total. The minimum atomic E-state index is 0.840. The Bertz CT molecular complexity index is 306. The van der Waals surface area contributed by atoms with Gasteiger partial charge in [0.1, 0.15) is 0 Å². The molecule has 1 aliphatic rings. The van der Waals surface area contributed by atoms with Gasteiger partial charge in [0.25, 0.3) is 0 Å². The van der Waals surface area contributed by atoms with Crippen LogP contribution in [0.5, 0.6) is 0 Å². The van der Waals surface area contributed by atoms with Gasteiger partial charge in [0, 0.05) is 31.9 Å². The third-order valence-electron chi connectivity index (χ3n) is 2.76. The molecule has 0 saturated carbocycles. The van der Waals surface area contributed by atoms with Crippen LogP contribution in [0.1, 0.15) is 12.0 Å². The van der Waals surface area contributed by atoms with Crippen molar-refractivity contribution < 1.29 is 4.74 Å². The summed E-state index contributed by atoms with van der Waals surface area (Å²) in [5.41, 5.74) is 8.03. The van der Waals surface area contributed by atoms with E-state index in [1.807, 2.05) is 18.2 Å². The summed E-state index contributed by atoms with van der Waals surface area (Å²) < 4.78 is 5.42. The first-order valence-corrected chi connectivity index (χ1v) is 5.50. The van der Waals surface area contributed by atoms with Crippen molar-refractivity contribution in [3.63, 3.8) is 0 Å². The van der Waals surface area contributed by atoms with E-state index in [9.17, 15) is 0 Å². The molecule has 0 aliphatic carbocycles. The van der Waals surface area contributed by atoms with Gasteiger partial charge in [0.05, 0.1) is 6.61 Å². The molecule has 15 heavy (non-hydrogen) atoms. The summed E-state index contributed by atoms with van der Waals surface area (Å²) in [7, 11) is 0. The summed E-state index contributed by atoms with van der Waals surface area (Å²) in [4.78, 5) is 2.40. The SMILES string of the molecule is Nc1ccccc1CN1CCCOCC1. The van der Waals surface area contributed by atoms with E-state index in [0.29, 0.717) is 0 Å². The van der Waals surface area contributed by atoms with E-state index >= 15 is 0 Å². The third-order valence-corrected chi connectivity index (χ3v) is 2.76. The van der Waals surface area contributed by atoms with Gasteiger partial charge in [0.15, 0.2) is 0 Å². The maximum Gasteiger partial charge on any atom is 0.0593 e. The first-order valence-electron chi connectivity index (χ1n) is 5.50. The van der Waals surface area contributed by atoms with Gasteiger partial charge in [-0.05, 0) is 18.1 Å². The Balaban J connectivity index is 1.98. The molecule has 0 amide bonds. The summed E-state index contributed by atoms with van der Waals surface area (Å²) in [5, 5.41) is 0. The van der Waals surface area contributed by atoms with Gasteiger partial charge in [-0.3, -0.25) is 4.90 Å². The van der Waals surface area contributed by atoms with Gasteiger partial charge in [-0.1, -0.05) is 18.2 Å². The van der Waals surface area contributed by atoms with Gasteiger partial charge in [0.2, 0.25) is 0 Å². The molecular weight excluding hydrogens is 188 g/mol. The summed E-state index contributed by atoms with van der Waals surface area (Å²) in [5.74, 6) is 0. The van der Waals surface area contributed by atoms with E-state index in [4.69, 9.17) is 10.5 Å². The van der Waals surface area contributed by atoms with Crippen molar-refractivity contribution in [2.75, 3.05) is 32.0 Å². The zero-order valence-corrected chi connectivity index (χ0v) is 8.98. The van der Waals surface area contributed by atoms with Crippen LogP contribution in [0.25, 0.3) is 0 Å². The summed E-state index contributed by atoms with van der Waals surface area (Å²) in [6.07, 6.45) is 1.12. The van der Waals surface area contributed by atoms with Gasteiger partial charge in [-0.2, -0.15) is 0 Å². The monoisotopic (exact) mass is 206 g/mol. The smallest absolute Gasteiger partial charge is 0.0593 e. The fraction of sp³-hybridized carbons (Fsp3) is 0.500. The molecule has 1 heterocycles. The predicted molar refractivity (Wildman–Crippen MR) is 61.6 cm³/mol. The number of hydrogen-bond acceptors (Lipinski definition) is 3. The van der Waals surface area contributed by atoms with Gasteiger partial charge < -0.3 is 10.5 Å². The highest BCUT2D eigenvalue weighted by Gasteiger charge is 2.10. The first-order chi connectivity index (χ1) is 7.36. The van der Waals surface area contributed by atoms with Crippen molar-refractivity contribution in [1.29, 1.82) is 0 Å². The number of anilines is 1. The second kappa shape index (κ2) is 5.14. The van der Waals surface area contributed by atoms with Gasteiger partial charge in [-0.25, -0.2) is 0 Å². The summed E-state index contributed by atoms with van der Waals surface area (Å²) in [6.45, 7) is 4.78. The summed E-state index contributed by atoms with van der Waals surface area (Å²) in [6, 6.07) is 8.08. The van der Waals surface area contributed by atoms with Crippen molar-refractivity contribution in [2.45, 2.75) is 13.0 Å². The fourth-order valence-electron chi connectivity index (χ4n) is 1.87. The highest BCUT2D eigenvalue weighted by molar-refractivity contribution is 5.46. The van der Waals surface area contributed by atoms with Crippen LogP contribution in [0.15, 0.2) is 24.3 Å². The van der Waals surface area contributed by atoms with E-state index < -0.39 is 0 Å². The Kier molecular flexibility index (Phi) is 3.59. The molecule has 1 aliphatic heterocycles. The maximum atomic E-state index is 5.92. The average molecular weight is 206 g/mol. The molecule has 1 aromatic rings. The number of benzene rings is 1. The molecule has 3 nitrogen and oxygen atoms in total. The minimum Gasteiger partial charge on any atom is -0.398 e. The Labute approximate surface area is 90.8 Å². The van der Waals surface area contributed by atoms with E-state index in [0.717, 1.165) is 45.0 Å². The highest BCUT2D eigenvalue weighted by atomic mass is 16.5. The van der Waals surface area contributed by atoms with Gasteiger partial charge >= 0.3 is 0 Å². The molecule has 0 atom stereocenters. The molecule has 1 aromatic carbocycles. The lowest BCUT2D eigenvalue weighted by Crippen LogP contribution is -2.26. The van der Waals surface area contributed by atoms with Crippen LogP contribution in [-0.4, -0.2) is 31.2 Å². The topological polar surface area (TPSA) is 38.5 Å². The molecule has 1 fully saturated rings. The normalized spacial score (nSPS) is 18.7. The third kappa shape index (κ3) is 2.94. The van der Waals surface area contributed by atoms with Crippen molar-refractivity contribution in [2.24, 2.45) is 0 Å². The van der Waals surface area contributed by atoms with E-state index in [1.165, 1.54) is 5.56 Å². The van der Waals surface area contributed by atoms with E-state index in [1.54, 1.807) is 0 Å². The van der Waals surface area contributed by atoms with Crippen LogP contribution >= 0.6 is 0 Å². The van der Waals surface area contributed by atoms with Crippen molar-refractivity contribution in [3.05, 3.63) is 29.8 Å². The second-order valence-electron chi connectivity index (χ2n) is 3.94.